The van der Waals surface area contributed by atoms with E-state index in [0.29, 0.717) is 11.1 Å². The van der Waals surface area contributed by atoms with Gasteiger partial charge in [-0.1, -0.05) is 18.2 Å². The SMILES string of the molecule is N#Cc1ccccc1CNC(=O)c1ccc([N+](=O)[O-])c([N+](=O)[O-])c1. The fourth-order valence-electron chi connectivity index (χ4n) is 2.03. The number of nitriles is 1. The summed E-state index contributed by atoms with van der Waals surface area (Å²) in [4.78, 5) is 31.9. The van der Waals surface area contributed by atoms with Gasteiger partial charge in [-0.2, -0.15) is 5.26 Å². The van der Waals surface area contributed by atoms with Crippen LogP contribution in [0.15, 0.2) is 42.5 Å². The Morgan fingerprint density at radius 1 is 1.08 bits per heavy atom. The highest BCUT2D eigenvalue weighted by Gasteiger charge is 2.25. The van der Waals surface area contributed by atoms with Crippen molar-refractivity contribution >= 4 is 17.3 Å². The van der Waals surface area contributed by atoms with Gasteiger partial charge >= 0.3 is 11.4 Å². The van der Waals surface area contributed by atoms with Crippen molar-refractivity contribution in [2.24, 2.45) is 0 Å². The second-order valence-electron chi connectivity index (χ2n) is 4.67. The summed E-state index contributed by atoms with van der Waals surface area (Å²) >= 11 is 0. The number of hydrogen-bond acceptors (Lipinski definition) is 6. The van der Waals surface area contributed by atoms with Crippen LogP contribution in [0.25, 0.3) is 0 Å². The van der Waals surface area contributed by atoms with Crippen molar-refractivity contribution in [3.8, 4) is 6.07 Å². The number of carbonyl (C=O) groups is 1. The maximum absolute atomic E-state index is 12.1. The summed E-state index contributed by atoms with van der Waals surface area (Å²) in [6.45, 7) is 0.0490. The van der Waals surface area contributed by atoms with Gasteiger partial charge in [0.25, 0.3) is 5.91 Å². The average Bonchev–Trinajstić information content (AvgIpc) is 2.59. The predicted octanol–water partition coefficient (Wildman–Crippen LogP) is 2.30. The Kier molecular flexibility index (Phi) is 4.81. The number of benzene rings is 2. The molecule has 0 aliphatic carbocycles. The van der Waals surface area contributed by atoms with Crippen LogP contribution in [-0.2, 0) is 6.54 Å². The highest BCUT2D eigenvalue weighted by molar-refractivity contribution is 5.95. The number of rotatable bonds is 5. The molecule has 1 N–H and O–H groups in total. The quantitative estimate of drug-likeness (QED) is 0.660. The zero-order valence-electron chi connectivity index (χ0n) is 12.1. The molecule has 24 heavy (non-hydrogen) atoms. The van der Waals surface area contributed by atoms with E-state index < -0.39 is 27.1 Å². The molecule has 0 fully saturated rings. The highest BCUT2D eigenvalue weighted by Crippen LogP contribution is 2.27. The molecule has 9 nitrogen and oxygen atoms in total. The molecule has 0 aliphatic heterocycles. The Hall–Kier alpha value is -3.80. The molecule has 0 saturated heterocycles. The number of amides is 1. The molecule has 0 aromatic heterocycles. The normalized spacial score (nSPS) is 9.79. The number of nitrogens with one attached hydrogen (secondary N) is 1. The molecule has 1 amide bonds. The summed E-state index contributed by atoms with van der Waals surface area (Å²) in [5.74, 6) is -0.638. The van der Waals surface area contributed by atoms with E-state index in [0.717, 1.165) is 18.2 Å². The van der Waals surface area contributed by atoms with Crippen LogP contribution >= 0.6 is 0 Å². The molecular weight excluding hydrogens is 316 g/mol. The lowest BCUT2D eigenvalue weighted by Gasteiger charge is -2.07. The van der Waals surface area contributed by atoms with Gasteiger partial charge in [-0.25, -0.2) is 0 Å². The molecule has 9 heteroatoms. The summed E-state index contributed by atoms with van der Waals surface area (Å²) in [6, 6.07) is 11.5. The lowest BCUT2D eigenvalue weighted by atomic mass is 10.1. The first-order valence-corrected chi connectivity index (χ1v) is 6.63. The van der Waals surface area contributed by atoms with Gasteiger partial charge in [0.05, 0.1) is 21.5 Å². The van der Waals surface area contributed by atoms with Crippen LogP contribution in [-0.4, -0.2) is 15.8 Å². The molecule has 0 aliphatic rings. The van der Waals surface area contributed by atoms with Gasteiger partial charge in [0.1, 0.15) is 0 Å². The van der Waals surface area contributed by atoms with Crippen LogP contribution in [0, 0.1) is 31.6 Å². The predicted molar refractivity (Wildman–Crippen MR) is 82.1 cm³/mol. The fourth-order valence-corrected chi connectivity index (χ4v) is 2.03. The molecule has 0 spiro atoms. The van der Waals surface area contributed by atoms with Gasteiger partial charge in [-0.15, -0.1) is 0 Å². The number of carbonyl (C=O) groups excluding carboxylic acids is 1. The van der Waals surface area contributed by atoms with E-state index in [2.05, 4.69) is 5.32 Å². The summed E-state index contributed by atoms with van der Waals surface area (Å²) in [5, 5.41) is 33.2. The highest BCUT2D eigenvalue weighted by atomic mass is 16.6. The molecule has 120 valence electrons. The van der Waals surface area contributed by atoms with Gasteiger partial charge in [0, 0.05) is 24.2 Å². The third-order valence-corrected chi connectivity index (χ3v) is 3.21. The van der Waals surface area contributed by atoms with Crippen LogP contribution in [0.1, 0.15) is 21.5 Å². The number of hydrogen-bond donors (Lipinski definition) is 1. The first kappa shape index (κ1) is 16.6. The minimum Gasteiger partial charge on any atom is -0.348 e. The molecule has 0 atom stereocenters. The van der Waals surface area contributed by atoms with E-state index in [9.17, 15) is 25.0 Å². The van der Waals surface area contributed by atoms with E-state index in [4.69, 9.17) is 5.26 Å². The topological polar surface area (TPSA) is 139 Å². The van der Waals surface area contributed by atoms with Crippen molar-refractivity contribution in [1.82, 2.24) is 5.32 Å². The zero-order valence-corrected chi connectivity index (χ0v) is 12.1. The lowest BCUT2D eigenvalue weighted by Crippen LogP contribution is -2.23. The summed E-state index contributed by atoms with van der Waals surface area (Å²) in [5.41, 5.74) is -0.546. The summed E-state index contributed by atoms with van der Waals surface area (Å²) in [7, 11) is 0. The Balaban J connectivity index is 2.21. The lowest BCUT2D eigenvalue weighted by molar-refractivity contribution is -0.422. The molecule has 2 aromatic carbocycles. The average molecular weight is 326 g/mol. The van der Waals surface area contributed by atoms with Crippen LogP contribution < -0.4 is 5.32 Å². The zero-order chi connectivity index (χ0) is 17.7. The van der Waals surface area contributed by atoms with E-state index in [1.54, 1.807) is 24.3 Å². The van der Waals surface area contributed by atoms with Crippen molar-refractivity contribution in [3.63, 3.8) is 0 Å². The van der Waals surface area contributed by atoms with Crippen LogP contribution in [0.2, 0.25) is 0 Å². The van der Waals surface area contributed by atoms with Crippen LogP contribution in [0.4, 0.5) is 11.4 Å². The summed E-state index contributed by atoms with van der Waals surface area (Å²) in [6.07, 6.45) is 0. The number of nitrogens with zero attached hydrogens (tertiary/aromatic N) is 3. The van der Waals surface area contributed by atoms with Crippen molar-refractivity contribution in [2.75, 3.05) is 0 Å². The van der Waals surface area contributed by atoms with E-state index >= 15 is 0 Å². The van der Waals surface area contributed by atoms with Crippen LogP contribution in [0.5, 0.6) is 0 Å². The molecule has 0 saturated carbocycles. The minimum atomic E-state index is -0.917. The van der Waals surface area contributed by atoms with Gasteiger partial charge < -0.3 is 5.32 Å². The summed E-state index contributed by atoms with van der Waals surface area (Å²) < 4.78 is 0. The Labute approximate surface area is 135 Å². The number of nitro groups is 2. The van der Waals surface area contributed by atoms with E-state index in [-0.39, 0.29) is 12.1 Å². The molecule has 0 unspecified atom stereocenters. The number of nitro benzene ring substituents is 2. The fraction of sp³-hybridized carbons (Fsp3) is 0.0667. The van der Waals surface area contributed by atoms with Crippen LogP contribution in [0.3, 0.4) is 0 Å². The van der Waals surface area contributed by atoms with Crippen molar-refractivity contribution < 1.29 is 14.6 Å². The molecule has 2 aromatic rings. The van der Waals surface area contributed by atoms with Gasteiger partial charge in [-0.3, -0.25) is 25.0 Å². The second kappa shape index (κ2) is 6.97. The first-order chi connectivity index (χ1) is 11.4. The largest absolute Gasteiger partial charge is 0.348 e. The third kappa shape index (κ3) is 3.50. The molecule has 0 radical (unpaired) electrons. The second-order valence-corrected chi connectivity index (χ2v) is 4.67. The molecule has 0 heterocycles. The van der Waals surface area contributed by atoms with Gasteiger partial charge in [0.15, 0.2) is 0 Å². The van der Waals surface area contributed by atoms with Gasteiger partial charge in [-0.05, 0) is 17.7 Å². The Morgan fingerprint density at radius 2 is 1.75 bits per heavy atom. The third-order valence-electron chi connectivity index (χ3n) is 3.21. The Morgan fingerprint density at radius 3 is 2.38 bits per heavy atom. The van der Waals surface area contributed by atoms with Crippen molar-refractivity contribution in [3.05, 3.63) is 79.4 Å². The minimum absolute atomic E-state index is 0.0490. The molecule has 0 bridgehead atoms. The molecule has 2 rings (SSSR count). The van der Waals surface area contributed by atoms with E-state index in [1.165, 1.54) is 0 Å². The first-order valence-electron chi connectivity index (χ1n) is 6.63. The maximum Gasteiger partial charge on any atom is 0.346 e. The van der Waals surface area contributed by atoms with Crippen molar-refractivity contribution in [1.29, 1.82) is 5.26 Å². The smallest absolute Gasteiger partial charge is 0.346 e. The Bertz CT molecular complexity index is 872. The van der Waals surface area contributed by atoms with E-state index in [1.807, 2.05) is 6.07 Å². The maximum atomic E-state index is 12.1. The molecular formula is C15H10N4O5. The standard InChI is InChI=1S/C15H10N4O5/c16-8-11-3-1-2-4-12(11)9-17-15(20)10-5-6-13(18(21)22)14(7-10)19(23)24/h1-7H,9H2,(H,17,20). The monoisotopic (exact) mass is 326 g/mol. The van der Waals surface area contributed by atoms with Gasteiger partial charge in [0.2, 0.25) is 0 Å². The van der Waals surface area contributed by atoms with Crippen molar-refractivity contribution in [2.45, 2.75) is 6.54 Å².